The summed E-state index contributed by atoms with van der Waals surface area (Å²) in [7, 11) is 0. The Morgan fingerprint density at radius 1 is 1.41 bits per heavy atom. The number of nitrogens with zero attached hydrogens (tertiary/aromatic N) is 1. The molecule has 1 amide bonds. The number of hydrogen-bond donors (Lipinski definition) is 0. The van der Waals surface area contributed by atoms with Gasteiger partial charge in [0.25, 0.3) is 0 Å². The van der Waals surface area contributed by atoms with Crippen molar-refractivity contribution in [1.82, 2.24) is 4.90 Å². The van der Waals surface area contributed by atoms with Gasteiger partial charge in [-0.3, -0.25) is 4.79 Å². The molecule has 0 bridgehead atoms. The van der Waals surface area contributed by atoms with E-state index in [1.54, 1.807) is 11.8 Å². The summed E-state index contributed by atoms with van der Waals surface area (Å²) in [6.45, 7) is 4.81. The zero-order valence-electron chi connectivity index (χ0n) is 12.7. The van der Waals surface area contributed by atoms with E-state index in [9.17, 15) is 4.79 Å². The molecule has 2 rings (SSSR count). The molecule has 0 aliphatic carbocycles. The van der Waals surface area contributed by atoms with E-state index in [-0.39, 0.29) is 42.5 Å². The Labute approximate surface area is 170 Å². The van der Waals surface area contributed by atoms with Crippen LogP contribution in [0.4, 0.5) is 0 Å². The Hall–Kier alpha value is -0.376. The van der Waals surface area contributed by atoms with Crippen LogP contribution in [0.2, 0.25) is 0 Å². The molecular formula is C17H17INO2Y-. The number of rotatable bonds is 4. The quantitative estimate of drug-likeness (QED) is 0.285. The number of halogens is 1. The minimum atomic E-state index is -0.0125. The van der Waals surface area contributed by atoms with Gasteiger partial charge in [0.15, 0.2) is 0 Å². The summed E-state index contributed by atoms with van der Waals surface area (Å²) in [5, 5.41) is 0. The molecule has 1 heterocycles. The van der Waals surface area contributed by atoms with Crippen LogP contribution in [0, 0.1) is 17.9 Å². The molecule has 0 fully saturated rings. The van der Waals surface area contributed by atoms with E-state index in [1.807, 2.05) is 31.2 Å². The van der Waals surface area contributed by atoms with Crippen molar-refractivity contribution in [3.63, 3.8) is 0 Å². The summed E-state index contributed by atoms with van der Waals surface area (Å²) in [6, 6.07) is 7.71. The zero-order chi connectivity index (χ0) is 15.2. The van der Waals surface area contributed by atoms with Crippen molar-refractivity contribution in [2.24, 2.45) is 0 Å². The number of alkyl halides is 1. The average Bonchev–Trinajstić information content (AvgIpc) is 2.51. The Bertz CT molecular complexity index is 601. The largest absolute Gasteiger partial charge is 0.481 e. The van der Waals surface area contributed by atoms with Crippen molar-refractivity contribution in [1.29, 1.82) is 0 Å². The van der Waals surface area contributed by atoms with Gasteiger partial charge in [0, 0.05) is 39.3 Å². The second-order valence-electron chi connectivity index (χ2n) is 4.52. The van der Waals surface area contributed by atoms with E-state index >= 15 is 0 Å². The fourth-order valence-corrected chi connectivity index (χ4v) is 2.68. The van der Waals surface area contributed by atoms with Gasteiger partial charge in [0.05, 0.1) is 3.92 Å². The summed E-state index contributed by atoms with van der Waals surface area (Å²) in [6.07, 6.45) is 4.00. The van der Waals surface area contributed by atoms with E-state index in [4.69, 9.17) is 4.74 Å². The Morgan fingerprint density at radius 3 is 2.68 bits per heavy atom. The van der Waals surface area contributed by atoms with Gasteiger partial charge in [-0.25, -0.2) is 6.08 Å². The van der Waals surface area contributed by atoms with Gasteiger partial charge in [0.2, 0.25) is 5.91 Å². The van der Waals surface area contributed by atoms with Crippen LogP contribution in [0.5, 0.6) is 5.75 Å². The molecule has 0 aromatic heterocycles. The van der Waals surface area contributed by atoms with E-state index in [1.165, 1.54) is 0 Å². The normalized spacial score (nSPS) is 17.0. The molecule has 1 aromatic rings. The van der Waals surface area contributed by atoms with Crippen molar-refractivity contribution in [2.45, 2.75) is 24.2 Å². The van der Waals surface area contributed by atoms with E-state index in [0.29, 0.717) is 19.6 Å². The van der Waals surface area contributed by atoms with Crippen molar-refractivity contribution in [3.05, 3.63) is 35.9 Å². The first-order valence-electron chi connectivity index (χ1n) is 6.86. The summed E-state index contributed by atoms with van der Waals surface area (Å²) in [4.78, 5) is 14.0. The first-order chi connectivity index (χ1) is 10.2. The summed E-state index contributed by atoms with van der Waals surface area (Å²) in [5.74, 6) is 6.58. The first kappa shape index (κ1) is 19.7. The monoisotopic (exact) mass is 483 g/mol. The Balaban J connectivity index is 0.00000242. The van der Waals surface area contributed by atoms with Crippen LogP contribution in [0.25, 0.3) is 5.70 Å². The van der Waals surface area contributed by atoms with Crippen LogP contribution >= 0.6 is 22.6 Å². The maximum absolute atomic E-state index is 12.2. The van der Waals surface area contributed by atoms with Crippen LogP contribution in [0.3, 0.4) is 0 Å². The molecule has 0 saturated heterocycles. The number of amides is 1. The van der Waals surface area contributed by atoms with Gasteiger partial charge in [-0.1, -0.05) is 34.9 Å². The van der Waals surface area contributed by atoms with Gasteiger partial charge in [-0.05, 0) is 26.0 Å². The van der Waals surface area contributed by atoms with Crippen molar-refractivity contribution < 1.29 is 42.2 Å². The molecular weight excluding hydrogens is 466 g/mol. The van der Waals surface area contributed by atoms with Crippen LogP contribution in [-0.2, 0) is 37.5 Å². The molecule has 1 aromatic carbocycles. The first-order valence-corrected chi connectivity index (χ1v) is 8.11. The molecule has 1 atom stereocenters. The Kier molecular flexibility index (Phi) is 8.67. The Morgan fingerprint density at radius 2 is 2.09 bits per heavy atom. The smallest absolute Gasteiger partial charge is 0.235 e. The fraction of sp³-hybridized carbons (Fsp3) is 0.353. The maximum atomic E-state index is 12.2. The SMILES string of the molecule is CC#CCOc1ccc(C2=[C-]CC(I)C(=O)N2CC)cc1.[Y]. The predicted octanol–water partition coefficient (Wildman–Crippen LogP) is 3.29. The van der Waals surface area contributed by atoms with Crippen LogP contribution in [0.1, 0.15) is 25.8 Å². The number of hydrogen-bond acceptors (Lipinski definition) is 2. The van der Waals surface area contributed by atoms with Gasteiger partial charge in [-0.2, -0.15) is 5.56 Å². The molecule has 0 spiro atoms. The topological polar surface area (TPSA) is 29.5 Å². The average molecular weight is 483 g/mol. The van der Waals surface area contributed by atoms with Crippen molar-refractivity contribution in [3.8, 4) is 17.6 Å². The second kappa shape index (κ2) is 9.69. The molecule has 5 heteroatoms. The number of allylic oxidation sites excluding steroid dienone is 1. The fourth-order valence-electron chi connectivity index (χ4n) is 2.12. The van der Waals surface area contributed by atoms with Gasteiger partial charge in [-0.15, -0.1) is 23.8 Å². The summed E-state index contributed by atoms with van der Waals surface area (Å²) < 4.78 is 5.48. The third kappa shape index (κ3) is 4.81. The number of carbonyl (C=O) groups excluding carboxylic acids is 1. The number of ether oxygens (including phenoxy) is 1. The van der Waals surface area contributed by atoms with Crippen LogP contribution in [0.15, 0.2) is 24.3 Å². The van der Waals surface area contributed by atoms with E-state index in [0.717, 1.165) is 17.0 Å². The standard InChI is InChI=1S/C17H17INO2.Y/c1-3-5-12-21-14-8-6-13(7-9-14)16-11-10-15(18)17(20)19(16)4-2;/h6-9,15H,4,10,12H2,1-2H3;/q-1;. The van der Waals surface area contributed by atoms with Gasteiger partial charge in [0.1, 0.15) is 12.4 Å². The predicted molar refractivity (Wildman–Crippen MR) is 91.8 cm³/mol. The number of carbonyl (C=O) groups is 1. The molecule has 22 heavy (non-hydrogen) atoms. The summed E-state index contributed by atoms with van der Waals surface area (Å²) in [5.41, 5.74) is 1.86. The zero-order valence-corrected chi connectivity index (χ0v) is 17.7. The van der Waals surface area contributed by atoms with Crippen LogP contribution in [-0.4, -0.2) is 27.9 Å². The van der Waals surface area contributed by atoms with Crippen molar-refractivity contribution >= 4 is 34.2 Å². The molecule has 0 N–H and O–H groups in total. The second-order valence-corrected chi connectivity index (χ2v) is 6.02. The number of benzene rings is 1. The van der Waals surface area contributed by atoms with Gasteiger partial charge < -0.3 is 9.64 Å². The third-order valence-corrected chi connectivity index (χ3v) is 4.16. The molecule has 1 aliphatic heterocycles. The third-order valence-electron chi connectivity index (χ3n) is 3.18. The maximum Gasteiger partial charge on any atom is 0.235 e. The molecule has 3 nitrogen and oxygen atoms in total. The molecule has 1 aliphatic rings. The van der Waals surface area contributed by atoms with E-state index in [2.05, 4.69) is 40.5 Å². The van der Waals surface area contributed by atoms with Gasteiger partial charge >= 0.3 is 0 Å². The molecule has 0 saturated carbocycles. The van der Waals surface area contributed by atoms with Crippen LogP contribution < -0.4 is 4.74 Å². The minimum Gasteiger partial charge on any atom is -0.481 e. The summed E-state index contributed by atoms with van der Waals surface area (Å²) >= 11 is 2.17. The molecule has 1 radical (unpaired) electrons. The molecule has 113 valence electrons. The van der Waals surface area contributed by atoms with E-state index < -0.39 is 0 Å². The minimum absolute atomic E-state index is 0. The van der Waals surface area contributed by atoms with Crippen molar-refractivity contribution in [2.75, 3.05) is 13.2 Å². The molecule has 1 unspecified atom stereocenters.